The Morgan fingerprint density at radius 3 is 2.54 bits per heavy atom. The zero-order valence-electron chi connectivity index (χ0n) is 14.7. The minimum Gasteiger partial charge on any atom is -0.505 e. The smallest absolute Gasteiger partial charge is 0.160 e. The summed E-state index contributed by atoms with van der Waals surface area (Å²) >= 11 is 6.54. The Morgan fingerprint density at radius 2 is 1.81 bits per heavy atom. The van der Waals surface area contributed by atoms with Crippen LogP contribution < -0.4 is 9.80 Å². The van der Waals surface area contributed by atoms with E-state index in [2.05, 4.69) is 17.0 Å². The van der Waals surface area contributed by atoms with Crippen LogP contribution in [0.25, 0.3) is 10.9 Å². The summed E-state index contributed by atoms with van der Waals surface area (Å²) < 4.78 is 0. The number of rotatable bonds is 3. The maximum atomic E-state index is 11.0. The zero-order valence-corrected chi connectivity index (χ0v) is 15.5. The predicted octanol–water partition coefficient (Wildman–Crippen LogP) is 0.491. The van der Waals surface area contributed by atoms with E-state index >= 15 is 0 Å². The van der Waals surface area contributed by atoms with Gasteiger partial charge in [-0.1, -0.05) is 17.7 Å². The fourth-order valence-electron chi connectivity index (χ4n) is 3.85. The third-order valence-electron chi connectivity index (χ3n) is 5.29. The highest BCUT2D eigenvalue weighted by molar-refractivity contribution is 6.35. The molecule has 1 atom stereocenters. The first kappa shape index (κ1) is 17.2. The summed E-state index contributed by atoms with van der Waals surface area (Å²) in [4.78, 5) is 11.9. The van der Waals surface area contributed by atoms with Gasteiger partial charge in [-0.05, 0) is 30.3 Å². The average Bonchev–Trinajstić information content (AvgIpc) is 2.68. The quantitative estimate of drug-likeness (QED) is 0.629. The van der Waals surface area contributed by atoms with E-state index in [4.69, 9.17) is 11.6 Å². The summed E-state index contributed by atoms with van der Waals surface area (Å²) in [5.41, 5.74) is 2.30. The number of aromatic nitrogens is 2. The SMILES string of the molecule is C[NH+]1CC[NH+](C(c2ccccn2)c2cc(Cl)c3cccnc3c2O)CC1. The van der Waals surface area contributed by atoms with E-state index in [1.807, 2.05) is 36.4 Å². The van der Waals surface area contributed by atoms with Crippen molar-refractivity contribution in [2.45, 2.75) is 6.04 Å². The number of benzene rings is 1. The Kier molecular flexibility index (Phi) is 4.76. The number of phenols is 1. The van der Waals surface area contributed by atoms with Crippen LogP contribution in [0.4, 0.5) is 0 Å². The Bertz CT molecular complexity index is 910. The van der Waals surface area contributed by atoms with Crippen LogP contribution >= 0.6 is 11.6 Å². The monoisotopic (exact) mass is 370 g/mol. The number of fused-ring (bicyclic) bond motifs is 1. The van der Waals surface area contributed by atoms with E-state index in [1.54, 1.807) is 12.4 Å². The molecular formula is C20H23ClN4O+2. The topological polar surface area (TPSA) is 54.9 Å². The maximum Gasteiger partial charge on any atom is 0.160 e. The molecule has 1 aliphatic rings. The van der Waals surface area contributed by atoms with Crippen LogP contribution in [0.1, 0.15) is 17.3 Å². The summed E-state index contributed by atoms with van der Waals surface area (Å²) in [6, 6.07) is 11.5. The van der Waals surface area contributed by atoms with Gasteiger partial charge in [0, 0.05) is 17.8 Å². The predicted molar refractivity (Wildman–Crippen MR) is 102 cm³/mol. The van der Waals surface area contributed by atoms with E-state index < -0.39 is 0 Å². The molecule has 2 aromatic heterocycles. The molecule has 0 aliphatic carbocycles. The first-order valence-corrected chi connectivity index (χ1v) is 9.36. The van der Waals surface area contributed by atoms with Crippen LogP contribution in [-0.4, -0.2) is 48.3 Å². The van der Waals surface area contributed by atoms with Gasteiger partial charge in [-0.3, -0.25) is 9.97 Å². The molecule has 3 aromatic rings. The average molecular weight is 371 g/mol. The van der Waals surface area contributed by atoms with Crippen molar-refractivity contribution in [3.05, 3.63) is 65.1 Å². The summed E-state index contributed by atoms with van der Waals surface area (Å²) in [5.74, 6) is 0.208. The van der Waals surface area contributed by atoms with Crippen LogP contribution in [0.5, 0.6) is 5.75 Å². The Hall–Kier alpha value is -2.21. The lowest BCUT2D eigenvalue weighted by Crippen LogP contribution is -3.27. The highest BCUT2D eigenvalue weighted by Gasteiger charge is 2.34. The fraction of sp³-hybridized carbons (Fsp3) is 0.300. The zero-order chi connectivity index (χ0) is 18.1. The third-order valence-corrected chi connectivity index (χ3v) is 5.61. The van der Waals surface area contributed by atoms with Gasteiger partial charge in [-0.25, -0.2) is 0 Å². The number of quaternary nitrogens is 2. The van der Waals surface area contributed by atoms with E-state index in [-0.39, 0.29) is 11.8 Å². The lowest BCUT2D eigenvalue weighted by Gasteiger charge is -2.33. The highest BCUT2D eigenvalue weighted by Crippen LogP contribution is 2.36. The van der Waals surface area contributed by atoms with Crippen LogP contribution in [-0.2, 0) is 0 Å². The van der Waals surface area contributed by atoms with Crippen LogP contribution in [0.15, 0.2) is 48.8 Å². The first-order valence-electron chi connectivity index (χ1n) is 8.98. The molecule has 0 saturated carbocycles. The van der Waals surface area contributed by atoms with Gasteiger partial charge in [0.05, 0.1) is 17.6 Å². The van der Waals surface area contributed by atoms with Crippen molar-refractivity contribution in [1.82, 2.24) is 9.97 Å². The molecule has 0 spiro atoms. The normalized spacial score (nSPS) is 21.6. The molecule has 26 heavy (non-hydrogen) atoms. The molecule has 5 nitrogen and oxygen atoms in total. The standard InChI is InChI=1S/C20H21ClN4O/c1-24-9-11-25(12-10-24)19(17-6-2-3-7-22-17)15-13-16(21)14-5-4-8-23-18(14)20(15)26/h2-8,13,19,26H,9-12H2,1H3/p+2. The highest BCUT2D eigenvalue weighted by atomic mass is 35.5. The van der Waals surface area contributed by atoms with Crippen molar-refractivity contribution >= 4 is 22.5 Å². The largest absolute Gasteiger partial charge is 0.505 e. The molecule has 0 amide bonds. The number of likely N-dealkylation sites (N-methyl/N-ethyl adjacent to an activating group) is 1. The fourth-order valence-corrected chi connectivity index (χ4v) is 4.12. The van der Waals surface area contributed by atoms with Gasteiger partial charge < -0.3 is 14.9 Å². The summed E-state index contributed by atoms with van der Waals surface area (Å²) in [7, 11) is 2.22. The van der Waals surface area contributed by atoms with Crippen molar-refractivity contribution < 1.29 is 14.9 Å². The molecule has 1 aliphatic heterocycles. The number of hydrogen-bond acceptors (Lipinski definition) is 3. The third kappa shape index (κ3) is 3.14. The van der Waals surface area contributed by atoms with Crippen molar-refractivity contribution in [2.24, 2.45) is 0 Å². The molecule has 1 aromatic carbocycles. The Balaban J connectivity index is 1.87. The molecule has 3 N–H and O–H groups in total. The van der Waals surface area contributed by atoms with Crippen molar-refractivity contribution in [2.75, 3.05) is 33.2 Å². The molecule has 0 radical (unpaired) electrons. The van der Waals surface area contributed by atoms with Crippen molar-refractivity contribution in [1.29, 1.82) is 0 Å². The lowest BCUT2D eigenvalue weighted by molar-refractivity contribution is -1.02. The Labute approximate surface area is 157 Å². The lowest BCUT2D eigenvalue weighted by atomic mass is 9.97. The number of pyridine rings is 2. The van der Waals surface area contributed by atoms with Crippen molar-refractivity contribution in [3.8, 4) is 5.75 Å². The minimum atomic E-state index is -0.0618. The molecule has 4 rings (SSSR count). The molecule has 1 unspecified atom stereocenters. The van der Waals surface area contributed by atoms with E-state index in [0.29, 0.717) is 10.5 Å². The molecule has 134 valence electrons. The number of nitrogens with one attached hydrogen (secondary N) is 2. The second-order valence-corrected chi connectivity index (χ2v) is 7.41. The molecular weight excluding hydrogens is 348 g/mol. The van der Waals surface area contributed by atoms with Gasteiger partial charge in [0.1, 0.15) is 37.4 Å². The molecule has 1 fully saturated rings. The maximum absolute atomic E-state index is 11.0. The van der Waals surface area contributed by atoms with E-state index in [0.717, 1.165) is 42.8 Å². The molecule has 1 saturated heterocycles. The van der Waals surface area contributed by atoms with Gasteiger partial charge in [-0.2, -0.15) is 0 Å². The number of phenolic OH excluding ortho intramolecular Hbond substituents is 1. The Morgan fingerprint density at radius 1 is 1.04 bits per heavy atom. The van der Waals surface area contributed by atoms with Crippen LogP contribution in [0.2, 0.25) is 5.02 Å². The number of hydrogen-bond donors (Lipinski definition) is 3. The van der Waals surface area contributed by atoms with Crippen LogP contribution in [0.3, 0.4) is 0 Å². The minimum absolute atomic E-state index is 0.0618. The number of halogens is 1. The van der Waals surface area contributed by atoms with Gasteiger partial charge in [-0.15, -0.1) is 0 Å². The molecule has 6 heteroatoms. The van der Waals surface area contributed by atoms with Gasteiger partial charge >= 0.3 is 0 Å². The van der Waals surface area contributed by atoms with E-state index in [9.17, 15) is 5.11 Å². The second-order valence-electron chi connectivity index (χ2n) is 7.00. The van der Waals surface area contributed by atoms with Crippen LogP contribution in [0, 0.1) is 0 Å². The second kappa shape index (κ2) is 7.19. The number of nitrogens with zero attached hydrogens (tertiary/aromatic N) is 2. The summed E-state index contributed by atoms with van der Waals surface area (Å²) in [5, 5.41) is 12.4. The molecule has 0 bridgehead atoms. The summed E-state index contributed by atoms with van der Waals surface area (Å²) in [6.45, 7) is 4.23. The van der Waals surface area contributed by atoms with E-state index in [1.165, 1.54) is 9.80 Å². The number of aromatic hydroxyl groups is 1. The summed E-state index contributed by atoms with van der Waals surface area (Å²) in [6.07, 6.45) is 3.49. The molecule has 3 heterocycles. The van der Waals surface area contributed by atoms with Gasteiger partial charge in [0.25, 0.3) is 0 Å². The van der Waals surface area contributed by atoms with Crippen molar-refractivity contribution in [3.63, 3.8) is 0 Å². The number of piperazine rings is 1. The first-order chi connectivity index (χ1) is 12.6. The van der Waals surface area contributed by atoms with Gasteiger partial charge in [0.15, 0.2) is 11.8 Å². The van der Waals surface area contributed by atoms with Gasteiger partial charge in [0.2, 0.25) is 0 Å².